The molecule has 2 unspecified atom stereocenters. The monoisotopic (exact) mass is 261 g/mol. The number of carbonyl (C=O) groups is 1. The lowest BCUT2D eigenvalue weighted by Crippen LogP contribution is -2.42. The molecule has 0 bridgehead atoms. The van der Waals surface area contributed by atoms with Crippen LogP contribution in [-0.4, -0.2) is 18.4 Å². The average Bonchev–Trinajstić information content (AvgIpc) is 2.37. The number of ether oxygens (including phenoxy) is 1. The van der Waals surface area contributed by atoms with E-state index in [9.17, 15) is 4.79 Å². The fourth-order valence-corrected chi connectivity index (χ4v) is 2.48. The van der Waals surface area contributed by atoms with Gasteiger partial charge < -0.3 is 10.5 Å². The Morgan fingerprint density at radius 1 is 1.42 bits per heavy atom. The van der Waals surface area contributed by atoms with Gasteiger partial charge in [0.25, 0.3) is 0 Å². The van der Waals surface area contributed by atoms with E-state index in [0.29, 0.717) is 13.0 Å². The van der Waals surface area contributed by atoms with Crippen LogP contribution >= 0.6 is 0 Å². The summed E-state index contributed by atoms with van der Waals surface area (Å²) in [5.41, 5.74) is 7.01. The summed E-state index contributed by atoms with van der Waals surface area (Å²) in [5.74, 6) is 1.30. The third kappa shape index (κ3) is 3.16. The van der Waals surface area contributed by atoms with E-state index < -0.39 is 6.04 Å². The molecule has 0 aliphatic carbocycles. The maximum Gasteiger partial charge on any atom is 0.150 e. The van der Waals surface area contributed by atoms with Crippen LogP contribution in [0, 0.1) is 5.41 Å². The molecule has 0 fully saturated rings. The van der Waals surface area contributed by atoms with E-state index in [-0.39, 0.29) is 17.1 Å². The fourth-order valence-electron chi connectivity index (χ4n) is 2.48. The van der Waals surface area contributed by atoms with Crippen molar-refractivity contribution in [1.29, 1.82) is 0 Å². The quantitative estimate of drug-likeness (QED) is 0.910. The number of ketones is 1. The lowest BCUT2D eigenvalue weighted by molar-refractivity contribution is -0.122. The van der Waals surface area contributed by atoms with Crippen molar-refractivity contribution in [3.05, 3.63) is 29.8 Å². The normalized spacial score (nSPS) is 20.3. The summed E-state index contributed by atoms with van der Waals surface area (Å²) in [6.45, 7) is 6.70. The van der Waals surface area contributed by atoms with Crippen molar-refractivity contribution in [2.45, 2.75) is 45.6 Å². The van der Waals surface area contributed by atoms with Gasteiger partial charge in [0.2, 0.25) is 0 Å². The molecular weight excluding hydrogens is 238 g/mol. The molecule has 2 rings (SSSR count). The predicted octanol–water partition coefficient (Wildman–Crippen LogP) is 2.89. The van der Waals surface area contributed by atoms with E-state index in [1.807, 2.05) is 39.0 Å². The SMILES string of the molecule is CC(C)(C)C(N)C(=O)CC1CCOc2ccccc21. The van der Waals surface area contributed by atoms with E-state index in [2.05, 4.69) is 6.07 Å². The van der Waals surface area contributed by atoms with E-state index in [4.69, 9.17) is 10.5 Å². The van der Waals surface area contributed by atoms with E-state index in [1.165, 1.54) is 0 Å². The lowest BCUT2D eigenvalue weighted by Gasteiger charge is -2.29. The number of rotatable bonds is 3. The van der Waals surface area contributed by atoms with Crippen LogP contribution < -0.4 is 10.5 Å². The van der Waals surface area contributed by atoms with Crippen LogP contribution in [0.4, 0.5) is 0 Å². The molecule has 0 saturated heterocycles. The van der Waals surface area contributed by atoms with Crippen LogP contribution in [0.25, 0.3) is 0 Å². The van der Waals surface area contributed by atoms with Crippen LogP contribution in [-0.2, 0) is 4.79 Å². The number of para-hydroxylation sites is 1. The predicted molar refractivity (Wildman–Crippen MR) is 76.3 cm³/mol. The van der Waals surface area contributed by atoms with Crippen molar-refractivity contribution in [3.63, 3.8) is 0 Å². The number of hydrogen-bond donors (Lipinski definition) is 1. The van der Waals surface area contributed by atoms with Crippen molar-refractivity contribution < 1.29 is 9.53 Å². The van der Waals surface area contributed by atoms with Gasteiger partial charge in [-0.15, -0.1) is 0 Å². The van der Waals surface area contributed by atoms with Gasteiger partial charge in [-0.05, 0) is 29.4 Å². The summed E-state index contributed by atoms with van der Waals surface area (Å²) in [5, 5.41) is 0. The van der Waals surface area contributed by atoms with Crippen LogP contribution in [0.2, 0.25) is 0 Å². The van der Waals surface area contributed by atoms with Gasteiger partial charge in [-0.25, -0.2) is 0 Å². The first kappa shape index (κ1) is 14.1. The molecule has 0 aromatic heterocycles. The maximum atomic E-state index is 12.3. The first-order valence-electron chi connectivity index (χ1n) is 6.89. The smallest absolute Gasteiger partial charge is 0.150 e. The number of nitrogens with two attached hydrogens (primary N) is 1. The summed E-state index contributed by atoms with van der Waals surface area (Å²) in [6.07, 6.45) is 1.40. The highest BCUT2D eigenvalue weighted by Crippen LogP contribution is 2.36. The number of carbonyl (C=O) groups excluding carboxylic acids is 1. The van der Waals surface area contributed by atoms with E-state index in [0.717, 1.165) is 17.7 Å². The van der Waals surface area contributed by atoms with Crippen molar-refractivity contribution in [3.8, 4) is 5.75 Å². The Bertz CT molecular complexity index is 462. The molecule has 1 aromatic carbocycles. The molecule has 1 heterocycles. The van der Waals surface area contributed by atoms with Gasteiger partial charge in [-0.1, -0.05) is 39.0 Å². The van der Waals surface area contributed by atoms with Crippen LogP contribution in [0.1, 0.15) is 45.1 Å². The lowest BCUT2D eigenvalue weighted by atomic mass is 9.80. The highest BCUT2D eigenvalue weighted by molar-refractivity contribution is 5.85. The second-order valence-corrected chi connectivity index (χ2v) is 6.39. The Kier molecular flexibility index (Phi) is 3.95. The van der Waals surface area contributed by atoms with Crippen LogP contribution in [0.5, 0.6) is 5.75 Å². The van der Waals surface area contributed by atoms with Gasteiger partial charge in [0, 0.05) is 6.42 Å². The molecule has 0 spiro atoms. The number of fused-ring (bicyclic) bond motifs is 1. The molecule has 104 valence electrons. The molecule has 1 aliphatic heterocycles. The zero-order valence-corrected chi connectivity index (χ0v) is 12.0. The summed E-state index contributed by atoms with van der Waals surface area (Å²) < 4.78 is 5.62. The molecule has 2 atom stereocenters. The maximum absolute atomic E-state index is 12.3. The molecule has 0 saturated carbocycles. The number of hydrogen-bond acceptors (Lipinski definition) is 3. The number of benzene rings is 1. The number of Topliss-reactive ketones (excluding diaryl/α,β-unsaturated/α-hetero) is 1. The topological polar surface area (TPSA) is 52.3 Å². The minimum atomic E-state index is -0.400. The van der Waals surface area contributed by atoms with Crippen molar-refractivity contribution in [2.24, 2.45) is 11.1 Å². The molecule has 1 aromatic rings. The highest BCUT2D eigenvalue weighted by atomic mass is 16.5. The summed E-state index contributed by atoms with van der Waals surface area (Å²) >= 11 is 0. The molecule has 3 heteroatoms. The summed E-state index contributed by atoms with van der Waals surface area (Å²) in [4.78, 5) is 12.3. The minimum absolute atomic E-state index is 0.147. The fraction of sp³-hybridized carbons (Fsp3) is 0.562. The zero-order chi connectivity index (χ0) is 14.0. The largest absolute Gasteiger partial charge is 0.493 e. The molecule has 1 aliphatic rings. The molecule has 3 nitrogen and oxygen atoms in total. The summed E-state index contributed by atoms with van der Waals surface area (Å²) in [7, 11) is 0. The Balaban J connectivity index is 2.11. The third-order valence-corrected chi connectivity index (χ3v) is 3.81. The van der Waals surface area contributed by atoms with Gasteiger partial charge in [0.1, 0.15) is 5.75 Å². The second kappa shape index (κ2) is 5.33. The van der Waals surface area contributed by atoms with Crippen molar-refractivity contribution in [1.82, 2.24) is 0 Å². The summed E-state index contributed by atoms with van der Waals surface area (Å²) in [6, 6.07) is 7.58. The van der Waals surface area contributed by atoms with Crippen molar-refractivity contribution in [2.75, 3.05) is 6.61 Å². The minimum Gasteiger partial charge on any atom is -0.493 e. The Morgan fingerprint density at radius 3 is 2.79 bits per heavy atom. The van der Waals surface area contributed by atoms with Gasteiger partial charge in [-0.3, -0.25) is 4.79 Å². The Hall–Kier alpha value is -1.35. The van der Waals surface area contributed by atoms with E-state index in [1.54, 1.807) is 0 Å². The van der Waals surface area contributed by atoms with Gasteiger partial charge >= 0.3 is 0 Å². The van der Waals surface area contributed by atoms with Crippen molar-refractivity contribution >= 4 is 5.78 Å². The molecular formula is C16H23NO2. The zero-order valence-electron chi connectivity index (χ0n) is 12.0. The Morgan fingerprint density at radius 2 is 2.11 bits per heavy atom. The van der Waals surface area contributed by atoms with Crippen LogP contribution in [0.15, 0.2) is 24.3 Å². The Labute approximate surface area is 115 Å². The molecule has 0 amide bonds. The first-order valence-corrected chi connectivity index (χ1v) is 6.89. The van der Waals surface area contributed by atoms with Gasteiger partial charge in [0.15, 0.2) is 5.78 Å². The first-order chi connectivity index (χ1) is 8.89. The average molecular weight is 261 g/mol. The molecule has 0 radical (unpaired) electrons. The van der Waals surface area contributed by atoms with Gasteiger partial charge in [0.05, 0.1) is 12.6 Å². The second-order valence-electron chi connectivity index (χ2n) is 6.39. The van der Waals surface area contributed by atoms with Crippen LogP contribution in [0.3, 0.4) is 0 Å². The molecule has 19 heavy (non-hydrogen) atoms. The van der Waals surface area contributed by atoms with E-state index >= 15 is 0 Å². The van der Waals surface area contributed by atoms with Gasteiger partial charge in [-0.2, -0.15) is 0 Å². The standard InChI is InChI=1S/C16H23NO2/c1-16(2,3)15(17)13(18)10-11-8-9-19-14-7-5-4-6-12(11)14/h4-7,11,15H,8-10,17H2,1-3H3. The third-order valence-electron chi connectivity index (χ3n) is 3.81. The highest BCUT2D eigenvalue weighted by Gasteiger charge is 2.31. The molecule has 2 N–H and O–H groups in total.